The van der Waals surface area contributed by atoms with E-state index < -0.39 is 47.1 Å². The lowest BCUT2D eigenvalue weighted by molar-refractivity contribution is -0.149. The van der Waals surface area contributed by atoms with Crippen molar-refractivity contribution in [1.82, 2.24) is 20.4 Å². The zero-order valence-corrected chi connectivity index (χ0v) is 26.8. The lowest BCUT2D eigenvalue weighted by Crippen LogP contribution is -2.54. The molecule has 2 aliphatic rings. The molecule has 4 rings (SSSR count). The predicted molar refractivity (Wildman–Crippen MR) is 169 cm³/mol. The first-order valence-electron chi connectivity index (χ1n) is 15.7. The van der Waals surface area contributed by atoms with Crippen LogP contribution in [0.5, 0.6) is 0 Å². The number of hydrogen-bond acceptors (Lipinski definition) is 5. The number of alkyl halides is 2. The van der Waals surface area contributed by atoms with Crippen LogP contribution in [-0.4, -0.2) is 78.7 Å². The second kappa shape index (κ2) is 15.8. The van der Waals surface area contributed by atoms with E-state index in [9.17, 15) is 19.2 Å². The fourth-order valence-electron chi connectivity index (χ4n) is 5.86. The molecule has 250 valence electrons. The number of nitrogens with one attached hydrogen (secondary N) is 3. The van der Waals surface area contributed by atoms with Crippen molar-refractivity contribution >= 4 is 40.9 Å². The van der Waals surface area contributed by atoms with E-state index in [1.54, 1.807) is 11.8 Å². The normalized spacial score (nSPS) is 17.6. The summed E-state index contributed by atoms with van der Waals surface area (Å²) < 4.78 is 45.6. The van der Waals surface area contributed by atoms with E-state index in [0.717, 1.165) is 31.4 Å². The molecule has 13 heteroatoms. The SMILES string of the molecule is CCC(=O)N[C@H](Cc1ccc(NC(=O)[C@@H](NC(=O)C(F)(F)c2ccc(Cl)cc2)C2CCCCC2)c(F)c1)C(=O)N1CCN(C)CC1. The smallest absolute Gasteiger partial charge is 0.344 e. The summed E-state index contributed by atoms with van der Waals surface area (Å²) in [6.45, 7) is 4.09. The van der Waals surface area contributed by atoms with Crippen LogP contribution in [-0.2, 0) is 31.5 Å². The Morgan fingerprint density at radius 1 is 0.957 bits per heavy atom. The number of rotatable bonds is 11. The molecule has 2 atom stereocenters. The molecule has 3 N–H and O–H groups in total. The summed E-state index contributed by atoms with van der Waals surface area (Å²) in [6, 6.07) is 6.39. The summed E-state index contributed by atoms with van der Waals surface area (Å²) >= 11 is 5.81. The topological polar surface area (TPSA) is 111 Å². The van der Waals surface area contributed by atoms with E-state index in [1.807, 2.05) is 7.05 Å². The molecule has 4 amide bonds. The van der Waals surface area contributed by atoms with Gasteiger partial charge in [0.1, 0.15) is 17.9 Å². The number of likely N-dealkylation sites (N-methyl/N-ethyl adjacent to an activating group) is 1. The molecule has 1 aliphatic carbocycles. The van der Waals surface area contributed by atoms with E-state index >= 15 is 13.2 Å². The summed E-state index contributed by atoms with van der Waals surface area (Å²) in [5.74, 6) is -8.17. The van der Waals surface area contributed by atoms with Gasteiger partial charge < -0.3 is 25.8 Å². The zero-order chi connectivity index (χ0) is 33.4. The minimum Gasteiger partial charge on any atom is -0.344 e. The Bertz CT molecular complexity index is 1400. The van der Waals surface area contributed by atoms with Crippen molar-refractivity contribution in [3.8, 4) is 0 Å². The van der Waals surface area contributed by atoms with Gasteiger partial charge in [-0.05, 0) is 55.6 Å². The van der Waals surface area contributed by atoms with Crippen LogP contribution in [0, 0.1) is 11.7 Å². The monoisotopic (exact) mass is 663 g/mol. The molecular weight excluding hydrogens is 623 g/mol. The summed E-state index contributed by atoms with van der Waals surface area (Å²) in [7, 11) is 1.96. The predicted octanol–water partition coefficient (Wildman–Crippen LogP) is 4.49. The number of carbonyl (C=O) groups is 4. The number of piperazine rings is 1. The average molecular weight is 664 g/mol. The summed E-state index contributed by atoms with van der Waals surface area (Å²) in [6.07, 6.45) is 3.75. The van der Waals surface area contributed by atoms with Crippen LogP contribution in [0.15, 0.2) is 42.5 Å². The molecule has 2 aromatic rings. The first kappa shape index (κ1) is 35.2. The Kier molecular flexibility index (Phi) is 12.1. The van der Waals surface area contributed by atoms with Crippen LogP contribution in [0.25, 0.3) is 0 Å². The van der Waals surface area contributed by atoms with Gasteiger partial charge in [0.2, 0.25) is 17.7 Å². The zero-order valence-electron chi connectivity index (χ0n) is 26.1. The highest BCUT2D eigenvalue weighted by molar-refractivity contribution is 6.30. The number of anilines is 1. The molecule has 2 fully saturated rings. The Morgan fingerprint density at radius 2 is 1.61 bits per heavy atom. The summed E-state index contributed by atoms with van der Waals surface area (Å²) in [4.78, 5) is 55.6. The van der Waals surface area contributed by atoms with Gasteiger partial charge in [0.15, 0.2) is 0 Å². The lowest BCUT2D eigenvalue weighted by atomic mass is 9.83. The van der Waals surface area contributed by atoms with E-state index in [-0.39, 0.29) is 35.4 Å². The van der Waals surface area contributed by atoms with Crippen LogP contribution in [0.1, 0.15) is 56.6 Å². The van der Waals surface area contributed by atoms with Gasteiger partial charge in [-0.2, -0.15) is 8.78 Å². The minimum absolute atomic E-state index is 0.0304. The summed E-state index contributed by atoms with van der Waals surface area (Å²) in [5, 5.41) is 7.69. The van der Waals surface area contributed by atoms with Crippen molar-refractivity contribution in [2.24, 2.45) is 5.92 Å². The van der Waals surface area contributed by atoms with Crippen molar-refractivity contribution in [1.29, 1.82) is 0 Å². The highest BCUT2D eigenvalue weighted by Crippen LogP contribution is 2.32. The number of hydrogen-bond donors (Lipinski definition) is 3. The third kappa shape index (κ3) is 9.00. The molecule has 0 radical (unpaired) electrons. The first-order valence-corrected chi connectivity index (χ1v) is 16.1. The highest BCUT2D eigenvalue weighted by Gasteiger charge is 2.44. The van der Waals surface area contributed by atoms with Crippen molar-refractivity contribution in [2.45, 2.75) is 69.9 Å². The van der Waals surface area contributed by atoms with Crippen LogP contribution in [0.4, 0.5) is 18.9 Å². The van der Waals surface area contributed by atoms with Gasteiger partial charge in [-0.3, -0.25) is 19.2 Å². The molecule has 0 aromatic heterocycles. The number of halogens is 4. The maximum Gasteiger partial charge on any atom is 0.349 e. The molecular formula is C33H41ClF3N5O4. The second-order valence-corrected chi connectivity index (χ2v) is 12.5. The van der Waals surface area contributed by atoms with E-state index in [0.29, 0.717) is 44.6 Å². The Hall–Kier alpha value is -3.64. The molecule has 1 heterocycles. The van der Waals surface area contributed by atoms with Gasteiger partial charge in [0.25, 0.3) is 5.91 Å². The number of benzene rings is 2. The van der Waals surface area contributed by atoms with Gasteiger partial charge in [0, 0.05) is 49.6 Å². The lowest BCUT2D eigenvalue weighted by Gasteiger charge is -2.34. The molecule has 46 heavy (non-hydrogen) atoms. The molecule has 0 bridgehead atoms. The third-order valence-corrected chi connectivity index (χ3v) is 8.93. The van der Waals surface area contributed by atoms with Gasteiger partial charge in [-0.15, -0.1) is 0 Å². The average Bonchev–Trinajstić information content (AvgIpc) is 3.04. The van der Waals surface area contributed by atoms with Gasteiger partial charge in [-0.25, -0.2) is 4.39 Å². The number of amides is 4. The van der Waals surface area contributed by atoms with E-state index in [2.05, 4.69) is 20.9 Å². The van der Waals surface area contributed by atoms with Crippen LogP contribution in [0.2, 0.25) is 5.02 Å². The number of carbonyl (C=O) groups excluding carboxylic acids is 4. The first-order chi connectivity index (χ1) is 21.9. The van der Waals surface area contributed by atoms with Crippen LogP contribution < -0.4 is 16.0 Å². The fourth-order valence-corrected chi connectivity index (χ4v) is 5.99. The quantitative estimate of drug-likeness (QED) is 0.328. The molecule has 9 nitrogen and oxygen atoms in total. The van der Waals surface area contributed by atoms with Gasteiger partial charge in [0.05, 0.1) is 5.69 Å². The van der Waals surface area contributed by atoms with E-state index in [4.69, 9.17) is 11.6 Å². The van der Waals surface area contributed by atoms with Crippen LogP contribution in [0.3, 0.4) is 0 Å². The van der Waals surface area contributed by atoms with Crippen molar-refractivity contribution in [2.75, 3.05) is 38.5 Å². The second-order valence-electron chi connectivity index (χ2n) is 12.0. The standard InChI is InChI=1S/C33H41ClF3N5O4/c1-3-28(43)38-27(31(45)42-17-15-41(2)16-18-42)20-21-9-14-26(25(35)19-21)39-30(44)29(22-7-5-4-6-8-22)40-32(46)33(36,37)23-10-12-24(34)13-11-23/h9-14,19,22,27,29H,3-8,15-18,20H2,1-2H3,(H,38,43)(H,39,44)(H,40,46)/t27-,29+/m1/s1. The molecule has 1 saturated carbocycles. The Balaban J connectivity index is 1.48. The third-order valence-electron chi connectivity index (χ3n) is 8.68. The maximum atomic E-state index is 15.4. The molecule has 0 unspecified atom stereocenters. The van der Waals surface area contributed by atoms with Crippen LogP contribution >= 0.6 is 11.6 Å². The summed E-state index contributed by atoms with van der Waals surface area (Å²) in [5.41, 5.74) is -0.356. The van der Waals surface area contributed by atoms with E-state index in [1.165, 1.54) is 30.3 Å². The maximum absolute atomic E-state index is 15.4. The molecule has 1 aliphatic heterocycles. The molecule has 0 spiro atoms. The number of nitrogens with zero attached hydrogens (tertiary/aromatic N) is 2. The molecule has 1 saturated heterocycles. The van der Waals surface area contributed by atoms with Crippen molar-refractivity contribution in [3.05, 3.63) is 64.4 Å². The van der Waals surface area contributed by atoms with Crippen molar-refractivity contribution < 1.29 is 32.3 Å². The van der Waals surface area contributed by atoms with Gasteiger partial charge >= 0.3 is 5.92 Å². The Labute approximate surface area is 272 Å². The largest absolute Gasteiger partial charge is 0.349 e. The van der Waals surface area contributed by atoms with Gasteiger partial charge in [-0.1, -0.05) is 56.0 Å². The fraction of sp³-hybridized carbons (Fsp3) is 0.515. The Morgan fingerprint density at radius 3 is 2.22 bits per heavy atom. The highest BCUT2D eigenvalue weighted by atomic mass is 35.5. The molecule has 2 aromatic carbocycles. The van der Waals surface area contributed by atoms with Crippen molar-refractivity contribution in [3.63, 3.8) is 0 Å². The minimum atomic E-state index is -3.93.